The monoisotopic (exact) mass is 181 g/mol. The molecule has 1 nitrogen and oxygen atoms in total. The molecule has 2 rings (SSSR count). The van der Waals surface area contributed by atoms with E-state index in [1.165, 1.54) is 38.6 Å². The van der Waals surface area contributed by atoms with Crippen molar-refractivity contribution in [1.29, 1.82) is 0 Å². The van der Waals surface area contributed by atoms with E-state index in [1.807, 2.05) is 0 Å². The van der Waals surface area contributed by atoms with E-state index in [2.05, 4.69) is 25.7 Å². The first-order valence-electron chi connectivity index (χ1n) is 5.82. The minimum atomic E-state index is 0.516. The van der Waals surface area contributed by atoms with Crippen molar-refractivity contribution >= 4 is 0 Å². The maximum atomic E-state index is 2.78. The van der Waals surface area contributed by atoms with Crippen LogP contribution in [0.2, 0.25) is 0 Å². The normalized spacial score (nSPS) is 35.3. The average Bonchev–Trinajstić information content (AvgIpc) is 2.50. The van der Waals surface area contributed by atoms with Gasteiger partial charge >= 0.3 is 0 Å². The molecule has 2 heterocycles. The zero-order valence-electron chi connectivity index (χ0n) is 9.34. The molecule has 0 spiro atoms. The number of fused-ring (bicyclic) bond motifs is 1. The SMILES string of the molecule is CC(C)(C)CC1CCC2CCCN21. The third kappa shape index (κ3) is 2.07. The highest BCUT2D eigenvalue weighted by molar-refractivity contribution is 4.93. The highest BCUT2D eigenvalue weighted by Gasteiger charge is 2.37. The molecule has 0 bridgehead atoms. The largest absolute Gasteiger partial charge is 0.297 e. The van der Waals surface area contributed by atoms with Crippen LogP contribution in [0, 0.1) is 5.41 Å². The summed E-state index contributed by atoms with van der Waals surface area (Å²) < 4.78 is 0. The Kier molecular flexibility index (Phi) is 2.39. The highest BCUT2D eigenvalue weighted by atomic mass is 15.2. The van der Waals surface area contributed by atoms with E-state index in [4.69, 9.17) is 0 Å². The Labute approximate surface area is 82.5 Å². The fourth-order valence-corrected chi connectivity index (χ4v) is 3.13. The van der Waals surface area contributed by atoms with Crippen LogP contribution in [0.25, 0.3) is 0 Å². The summed E-state index contributed by atoms with van der Waals surface area (Å²) in [6, 6.07) is 1.87. The second kappa shape index (κ2) is 3.27. The fourth-order valence-electron chi connectivity index (χ4n) is 3.13. The molecule has 13 heavy (non-hydrogen) atoms. The smallest absolute Gasteiger partial charge is 0.0104 e. The van der Waals surface area contributed by atoms with E-state index in [0.29, 0.717) is 5.41 Å². The number of hydrogen-bond donors (Lipinski definition) is 0. The molecule has 2 atom stereocenters. The molecule has 0 aromatic heterocycles. The van der Waals surface area contributed by atoms with E-state index in [0.717, 1.165) is 12.1 Å². The van der Waals surface area contributed by atoms with Crippen LogP contribution in [-0.4, -0.2) is 23.5 Å². The van der Waals surface area contributed by atoms with Crippen LogP contribution in [-0.2, 0) is 0 Å². The molecule has 76 valence electrons. The lowest BCUT2D eigenvalue weighted by Gasteiger charge is -2.29. The van der Waals surface area contributed by atoms with Gasteiger partial charge in [-0.2, -0.15) is 0 Å². The molecule has 0 N–H and O–H groups in total. The summed E-state index contributed by atoms with van der Waals surface area (Å²) in [6.07, 6.45) is 7.25. The first kappa shape index (κ1) is 9.51. The maximum Gasteiger partial charge on any atom is 0.0104 e. The first-order valence-corrected chi connectivity index (χ1v) is 5.82. The second-order valence-electron chi connectivity index (χ2n) is 6.03. The van der Waals surface area contributed by atoms with Gasteiger partial charge in [-0.15, -0.1) is 0 Å². The van der Waals surface area contributed by atoms with Gasteiger partial charge in [0.15, 0.2) is 0 Å². The quantitative estimate of drug-likeness (QED) is 0.601. The van der Waals surface area contributed by atoms with Crippen molar-refractivity contribution in [2.24, 2.45) is 5.41 Å². The fraction of sp³-hybridized carbons (Fsp3) is 1.00. The van der Waals surface area contributed by atoms with Crippen LogP contribution in [0.15, 0.2) is 0 Å². The van der Waals surface area contributed by atoms with Gasteiger partial charge in [0.05, 0.1) is 0 Å². The third-order valence-corrected chi connectivity index (χ3v) is 3.57. The van der Waals surface area contributed by atoms with Gasteiger partial charge in [0.2, 0.25) is 0 Å². The lowest BCUT2D eigenvalue weighted by Crippen LogP contribution is -2.33. The molecule has 2 saturated heterocycles. The van der Waals surface area contributed by atoms with Gasteiger partial charge in [0, 0.05) is 12.1 Å². The molecule has 2 unspecified atom stereocenters. The van der Waals surface area contributed by atoms with Crippen LogP contribution in [0.3, 0.4) is 0 Å². The van der Waals surface area contributed by atoms with Gasteiger partial charge in [0.1, 0.15) is 0 Å². The summed E-state index contributed by atoms with van der Waals surface area (Å²) >= 11 is 0. The molecule has 2 aliphatic heterocycles. The predicted octanol–water partition coefficient (Wildman–Crippen LogP) is 3.05. The van der Waals surface area contributed by atoms with Crippen LogP contribution in [0.4, 0.5) is 0 Å². The van der Waals surface area contributed by atoms with Crippen molar-refractivity contribution in [3.05, 3.63) is 0 Å². The molecule has 0 saturated carbocycles. The minimum absolute atomic E-state index is 0.516. The van der Waals surface area contributed by atoms with Gasteiger partial charge < -0.3 is 0 Å². The summed E-state index contributed by atoms with van der Waals surface area (Å²) in [5.74, 6) is 0. The summed E-state index contributed by atoms with van der Waals surface area (Å²) in [5, 5.41) is 0. The maximum absolute atomic E-state index is 2.78. The Morgan fingerprint density at radius 1 is 1.15 bits per heavy atom. The van der Waals surface area contributed by atoms with Crippen molar-refractivity contribution < 1.29 is 0 Å². The zero-order valence-corrected chi connectivity index (χ0v) is 9.34. The molecule has 1 heteroatoms. The summed E-state index contributed by atoms with van der Waals surface area (Å²) in [5.41, 5.74) is 0.516. The topological polar surface area (TPSA) is 3.24 Å². The van der Waals surface area contributed by atoms with Gasteiger partial charge in [-0.3, -0.25) is 4.90 Å². The standard InChI is InChI=1S/C12H23N/c1-12(2,3)9-11-7-6-10-5-4-8-13(10)11/h10-11H,4-9H2,1-3H3. The average molecular weight is 181 g/mol. The summed E-state index contributed by atoms with van der Waals surface area (Å²) in [6.45, 7) is 8.49. The van der Waals surface area contributed by atoms with E-state index < -0.39 is 0 Å². The molecule has 2 fully saturated rings. The number of hydrogen-bond acceptors (Lipinski definition) is 1. The van der Waals surface area contributed by atoms with E-state index in [-0.39, 0.29) is 0 Å². The van der Waals surface area contributed by atoms with Crippen LogP contribution < -0.4 is 0 Å². The Morgan fingerprint density at radius 3 is 2.62 bits per heavy atom. The lowest BCUT2D eigenvalue weighted by atomic mass is 9.87. The van der Waals surface area contributed by atoms with Gasteiger partial charge in [-0.25, -0.2) is 0 Å². The Morgan fingerprint density at radius 2 is 1.92 bits per heavy atom. The summed E-state index contributed by atoms with van der Waals surface area (Å²) in [7, 11) is 0. The zero-order chi connectivity index (χ0) is 9.47. The second-order valence-corrected chi connectivity index (χ2v) is 6.03. The molecule has 0 radical (unpaired) electrons. The predicted molar refractivity (Wildman–Crippen MR) is 56.8 cm³/mol. The van der Waals surface area contributed by atoms with Crippen LogP contribution >= 0.6 is 0 Å². The van der Waals surface area contributed by atoms with Gasteiger partial charge in [0.25, 0.3) is 0 Å². The van der Waals surface area contributed by atoms with E-state index in [9.17, 15) is 0 Å². The highest BCUT2D eigenvalue weighted by Crippen LogP contribution is 2.37. The van der Waals surface area contributed by atoms with Gasteiger partial charge in [-0.05, 0) is 44.1 Å². The lowest BCUT2D eigenvalue weighted by molar-refractivity contribution is 0.187. The van der Waals surface area contributed by atoms with Crippen molar-refractivity contribution in [1.82, 2.24) is 4.90 Å². The van der Waals surface area contributed by atoms with Crippen LogP contribution in [0.5, 0.6) is 0 Å². The Balaban J connectivity index is 1.94. The van der Waals surface area contributed by atoms with Crippen molar-refractivity contribution in [3.63, 3.8) is 0 Å². The van der Waals surface area contributed by atoms with Crippen molar-refractivity contribution in [3.8, 4) is 0 Å². The molecule has 0 amide bonds. The van der Waals surface area contributed by atoms with Crippen molar-refractivity contribution in [2.45, 2.75) is 65.0 Å². The van der Waals surface area contributed by atoms with Gasteiger partial charge in [-0.1, -0.05) is 20.8 Å². The van der Waals surface area contributed by atoms with Crippen molar-refractivity contribution in [2.75, 3.05) is 6.54 Å². The molecule has 2 aliphatic rings. The Hall–Kier alpha value is -0.0400. The van der Waals surface area contributed by atoms with E-state index in [1.54, 1.807) is 0 Å². The first-order chi connectivity index (χ1) is 6.06. The molecule has 0 aromatic carbocycles. The summed E-state index contributed by atoms with van der Waals surface area (Å²) in [4.78, 5) is 2.78. The molecule has 0 aliphatic carbocycles. The minimum Gasteiger partial charge on any atom is -0.297 e. The third-order valence-electron chi connectivity index (χ3n) is 3.57. The molecular weight excluding hydrogens is 158 g/mol. The van der Waals surface area contributed by atoms with E-state index >= 15 is 0 Å². The molecule has 0 aromatic rings. The molecular formula is C12H23N. The Bertz CT molecular complexity index is 180. The number of nitrogens with zero attached hydrogens (tertiary/aromatic N) is 1. The van der Waals surface area contributed by atoms with Crippen LogP contribution in [0.1, 0.15) is 52.9 Å². The number of rotatable bonds is 1.